The number of carbonyl (C=O) groups excluding carboxylic acids is 2. The van der Waals surface area contributed by atoms with Gasteiger partial charge in [-0.15, -0.1) is 0 Å². The number of esters is 2. The van der Waals surface area contributed by atoms with Crippen molar-refractivity contribution < 1.29 is 19.1 Å². The third kappa shape index (κ3) is 7.84. The van der Waals surface area contributed by atoms with Crippen LogP contribution < -0.4 is 4.74 Å². The molecule has 3 aromatic carbocycles. The molecule has 3 aromatic rings. The highest BCUT2D eigenvalue weighted by molar-refractivity contribution is 5.96. The monoisotopic (exact) mass is 666 g/mol. The predicted molar refractivity (Wildman–Crippen MR) is 203 cm³/mol. The minimum absolute atomic E-state index is 0.156. The SMILES string of the molecule is CCC(C)(CC)OC(=O)c1cccc(C(=O)Oc2c(C)cc(C3(c4cc(C)c(C(C)(CC)CC)c(C)c4)CC(C)CC(C)(C)C3)cc2C)c1. The molecule has 49 heavy (non-hydrogen) atoms. The molecule has 1 fully saturated rings. The molecule has 2 unspecified atom stereocenters. The first-order valence-electron chi connectivity index (χ1n) is 18.7. The van der Waals surface area contributed by atoms with Crippen LogP contribution in [-0.4, -0.2) is 17.5 Å². The topological polar surface area (TPSA) is 52.6 Å². The summed E-state index contributed by atoms with van der Waals surface area (Å²) in [6, 6.07) is 16.1. The van der Waals surface area contributed by atoms with Gasteiger partial charge in [0.05, 0.1) is 11.1 Å². The molecule has 1 aliphatic rings. The average Bonchev–Trinajstić information content (AvgIpc) is 3.04. The summed E-state index contributed by atoms with van der Waals surface area (Å²) in [6.45, 7) is 28.9. The molecular formula is C45H62O4. The zero-order valence-corrected chi connectivity index (χ0v) is 32.8. The summed E-state index contributed by atoms with van der Waals surface area (Å²) in [4.78, 5) is 26.5. The van der Waals surface area contributed by atoms with Crippen molar-refractivity contribution in [1.29, 1.82) is 0 Å². The van der Waals surface area contributed by atoms with E-state index in [0.29, 0.717) is 35.6 Å². The van der Waals surface area contributed by atoms with E-state index in [9.17, 15) is 9.59 Å². The Bertz CT molecular complexity index is 1640. The molecule has 2 atom stereocenters. The quantitative estimate of drug-likeness (QED) is 0.151. The molecule has 0 aromatic heterocycles. The van der Waals surface area contributed by atoms with Gasteiger partial charge in [0.15, 0.2) is 0 Å². The summed E-state index contributed by atoms with van der Waals surface area (Å²) in [5, 5.41) is 0. The fourth-order valence-corrected chi connectivity index (χ4v) is 8.96. The van der Waals surface area contributed by atoms with Crippen LogP contribution in [-0.2, 0) is 15.6 Å². The van der Waals surface area contributed by atoms with Crippen molar-refractivity contribution in [3.05, 3.63) is 98.6 Å². The van der Waals surface area contributed by atoms with E-state index in [1.54, 1.807) is 24.3 Å². The highest BCUT2D eigenvalue weighted by Crippen LogP contribution is 2.55. The maximum atomic E-state index is 13.6. The fraction of sp³-hybridized carbons (Fsp3) is 0.556. The van der Waals surface area contributed by atoms with Crippen LogP contribution in [0.25, 0.3) is 0 Å². The average molecular weight is 667 g/mol. The third-order valence-electron chi connectivity index (χ3n) is 12.0. The Hall–Kier alpha value is -3.40. The lowest BCUT2D eigenvalue weighted by molar-refractivity contribution is -0.0131. The van der Waals surface area contributed by atoms with Crippen molar-refractivity contribution in [3.63, 3.8) is 0 Å². The van der Waals surface area contributed by atoms with Gasteiger partial charge in [-0.2, -0.15) is 0 Å². The molecule has 4 heteroatoms. The van der Waals surface area contributed by atoms with Gasteiger partial charge in [0.1, 0.15) is 11.4 Å². The normalized spacial score (nSPS) is 19.4. The number of hydrogen-bond acceptors (Lipinski definition) is 4. The van der Waals surface area contributed by atoms with Gasteiger partial charge in [-0.3, -0.25) is 0 Å². The second-order valence-corrected chi connectivity index (χ2v) is 16.6. The molecule has 0 heterocycles. The first kappa shape index (κ1) is 38.4. The van der Waals surface area contributed by atoms with E-state index in [4.69, 9.17) is 9.47 Å². The smallest absolute Gasteiger partial charge is 0.343 e. The van der Waals surface area contributed by atoms with Gasteiger partial charge in [0.2, 0.25) is 0 Å². The molecule has 0 spiro atoms. The van der Waals surface area contributed by atoms with E-state index in [0.717, 1.165) is 36.8 Å². The first-order valence-corrected chi connectivity index (χ1v) is 18.7. The molecular weight excluding hydrogens is 604 g/mol. The van der Waals surface area contributed by atoms with Crippen molar-refractivity contribution in [2.24, 2.45) is 11.3 Å². The Morgan fingerprint density at radius 2 is 1.22 bits per heavy atom. The van der Waals surface area contributed by atoms with Gasteiger partial charge in [0.25, 0.3) is 0 Å². The lowest BCUT2D eigenvalue weighted by Crippen LogP contribution is -2.41. The maximum Gasteiger partial charge on any atom is 0.343 e. The lowest BCUT2D eigenvalue weighted by atomic mass is 9.55. The number of hydrogen-bond donors (Lipinski definition) is 0. The maximum absolute atomic E-state index is 13.6. The van der Waals surface area contributed by atoms with Crippen LogP contribution in [0.4, 0.5) is 0 Å². The van der Waals surface area contributed by atoms with E-state index in [1.165, 1.54) is 34.2 Å². The van der Waals surface area contributed by atoms with Crippen LogP contribution in [0.3, 0.4) is 0 Å². The Labute approximate surface area is 297 Å². The number of rotatable bonds is 11. The van der Waals surface area contributed by atoms with Crippen LogP contribution in [0.1, 0.15) is 167 Å². The van der Waals surface area contributed by atoms with Gasteiger partial charge in [0, 0.05) is 5.41 Å². The van der Waals surface area contributed by atoms with E-state index in [-0.39, 0.29) is 16.2 Å². The zero-order chi connectivity index (χ0) is 36.5. The molecule has 0 N–H and O–H groups in total. The molecule has 0 saturated heterocycles. The van der Waals surface area contributed by atoms with E-state index in [2.05, 4.69) is 79.7 Å². The lowest BCUT2D eigenvalue weighted by Gasteiger charge is -2.49. The van der Waals surface area contributed by atoms with Crippen molar-refractivity contribution in [3.8, 4) is 5.75 Å². The minimum atomic E-state index is -0.544. The second-order valence-electron chi connectivity index (χ2n) is 16.6. The first-order chi connectivity index (χ1) is 22.9. The van der Waals surface area contributed by atoms with Crippen molar-refractivity contribution in [1.82, 2.24) is 0 Å². The van der Waals surface area contributed by atoms with Crippen LogP contribution in [0, 0.1) is 39.0 Å². The van der Waals surface area contributed by atoms with Gasteiger partial charge < -0.3 is 9.47 Å². The Balaban J connectivity index is 1.75. The predicted octanol–water partition coefficient (Wildman–Crippen LogP) is 12.1. The second kappa shape index (κ2) is 14.4. The van der Waals surface area contributed by atoms with Gasteiger partial charge >= 0.3 is 11.9 Å². The molecule has 0 aliphatic heterocycles. The van der Waals surface area contributed by atoms with Gasteiger partial charge in [-0.25, -0.2) is 9.59 Å². The molecule has 0 amide bonds. The number of carbonyl (C=O) groups is 2. The number of benzene rings is 3. The summed E-state index contributed by atoms with van der Waals surface area (Å²) in [5.41, 5.74) is 9.11. The summed E-state index contributed by atoms with van der Waals surface area (Å²) >= 11 is 0. The Morgan fingerprint density at radius 3 is 1.69 bits per heavy atom. The highest BCUT2D eigenvalue weighted by Gasteiger charge is 2.46. The van der Waals surface area contributed by atoms with Crippen molar-refractivity contribution in [2.45, 2.75) is 151 Å². The standard InChI is InChI=1S/C45H62O4/c1-14-43(12,15-2)38-30(6)21-36(22-31(38)7)45(27-29(5)26-42(10,11)28-45)37-23-32(8)39(33(9)24-37)48-40(46)34-19-18-20-35(25-34)41(47)49-44(13,16-3)17-4/h18-25,29H,14-17,26-28H2,1-13H3. The molecule has 266 valence electrons. The van der Waals surface area contributed by atoms with Gasteiger partial charge in [-0.05, 0) is 153 Å². The molecule has 0 bridgehead atoms. The Kier molecular flexibility index (Phi) is 11.3. The van der Waals surface area contributed by atoms with E-state index in [1.807, 2.05) is 34.6 Å². The Morgan fingerprint density at radius 1 is 0.735 bits per heavy atom. The van der Waals surface area contributed by atoms with E-state index < -0.39 is 17.5 Å². The van der Waals surface area contributed by atoms with Crippen LogP contribution in [0.15, 0.2) is 48.5 Å². The number of aryl methyl sites for hydroxylation is 4. The molecule has 1 saturated carbocycles. The van der Waals surface area contributed by atoms with Crippen molar-refractivity contribution in [2.75, 3.05) is 0 Å². The largest absolute Gasteiger partial charge is 0.456 e. The molecule has 4 rings (SSSR count). The molecule has 0 radical (unpaired) electrons. The molecule has 4 nitrogen and oxygen atoms in total. The van der Waals surface area contributed by atoms with Crippen molar-refractivity contribution >= 4 is 11.9 Å². The third-order valence-corrected chi connectivity index (χ3v) is 12.0. The van der Waals surface area contributed by atoms with Crippen LogP contribution >= 0.6 is 0 Å². The van der Waals surface area contributed by atoms with Gasteiger partial charge in [-0.1, -0.05) is 85.7 Å². The highest BCUT2D eigenvalue weighted by atomic mass is 16.6. The summed E-state index contributed by atoms with van der Waals surface area (Å²) in [5.74, 6) is 0.223. The fourth-order valence-electron chi connectivity index (χ4n) is 8.96. The zero-order valence-electron chi connectivity index (χ0n) is 32.8. The van der Waals surface area contributed by atoms with E-state index >= 15 is 0 Å². The van der Waals surface area contributed by atoms with Crippen LogP contribution in [0.2, 0.25) is 0 Å². The minimum Gasteiger partial charge on any atom is -0.456 e. The number of ether oxygens (including phenoxy) is 2. The molecule has 1 aliphatic carbocycles. The van der Waals surface area contributed by atoms with Crippen LogP contribution in [0.5, 0.6) is 5.75 Å². The summed E-state index contributed by atoms with van der Waals surface area (Å²) < 4.78 is 11.9. The summed E-state index contributed by atoms with van der Waals surface area (Å²) in [7, 11) is 0. The summed E-state index contributed by atoms with van der Waals surface area (Å²) in [6.07, 6.45) is 6.98.